The van der Waals surface area contributed by atoms with Crippen molar-refractivity contribution in [1.82, 2.24) is 4.31 Å². The maximum absolute atomic E-state index is 11.1. The minimum Gasteiger partial charge on any atom is -0.392 e. The monoisotopic (exact) mass is 259 g/mol. The van der Waals surface area contributed by atoms with Crippen LogP contribution in [0.2, 0.25) is 0 Å². The van der Waals surface area contributed by atoms with E-state index in [1.807, 2.05) is 30.3 Å². The van der Waals surface area contributed by atoms with Gasteiger partial charge in [0.1, 0.15) is 0 Å². The van der Waals surface area contributed by atoms with Gasteiger partial charge in [-0.25, -0.2) is 0 Å². The summed E-state index contributed by atoms with van der Waals surface area (Å²) in [5, 5.41) is 9.17. The van der Waals surface area contributed by atoms with Gasteiger partial charge in [0.25, 0.3) is 0 Å². The molecule has 1 aromatic carbocycles. The first-order chi connectivity index (χ1) is 7.89. The smallest absolute Gasteiger partial charge is 0.336 e. The highest BCUT2D eigenvalue weighted by Gasteiger charge is 2.20. The third kappa shape index (κ3) is 5.27. The van der Waals surface area contributed by atoms with Crippen molar-refractivity contribution in [2.75, 3.05) is 13.1 Å². The SMILES string of the molecule is CC(O)CN(CCc1ccccc1)S(=O)(=O)O. The topological polar surface area (TPSA) is 77.8 Å². The lowest BCUT2D eigenvalue weighted by molar-refractivity contribution is 0.159. The molecule has 1 aromatic rings. The number of nitrogens with zero attached hydrogens (tertiary/aromatic N) is 1. The van der Waals surface area contributed by atoms with Crippen LogP contribution in [0.25, 0.3) is 0 Å². The van der Waals surface area contributed by atoms with E-state index in [1.165, 1.54) is 6.92 Å². The molecule has 0 aromatic heterocycles. The van der Waals surface area contributed by atoms with Gasteiger partial charge in [-0.1, -0.05) is 30.3 Å². The first-order valence-corrected chi connectivity index (χ1v) is 6.74. The third-order valence-electron chi connectivity index (χ3n) is 2.29. The Morgan fingerprint density at radius 3 is 2.35 bits per heavy atom. The molecule has 0 aliphatic heterocycles. The van der Waals surface area contributed by atoms with Crippen LogP contribution in [-0.2, 0) is 16.7 Å². The van der Waals surface area contributed by atoms with Crippen LogP contribution in [0.5, 0.6) is 0 Å². The second kappa shape index (κ2) is 6.11. The normalized spacial score (nSPS) is 13.9. The summed E-state index contributed by atoms with van der Waals surface area (Å²) in [5.41, 5.74) is 0.978. The van der Waals surface area contributed by atoms with Gasteiger partial charge in [-0.2, -0.15) is 12.7 Å². The van der Waals surface area contributed by atoms with Crippen LogP contribution in [0.4, 0.5) is 0 Å². The van der Waals surface area contributed by atoms with E-state index in [-0.39, 0.29) is 13.1 Å². The highest BCUT2D eigenvalue weighted by molar-refractivity contribution is 7.83. The van der Waals surface area contributed by atoms with Crippen molar-refractivity contribution in [2.24, 2.45) is 0 Å². The fraction of sp³-hybridized carbons (Fsp3) is 0.455. The lowest BCUT2D eigenvalue weighted by Gasteiger charge is -2.19. The van der Waals surface area contributed by atoms with E-state index in [0.29, 0.717) is 6.42 Å². The molecule has 96 valence electrons. The summed E-state index contributed by atoms with van der Waals surface area (Å²) in [7, 11) is -4.26. The van der Waals surface area contributed by atoms with E-state index < -0.39 is 16.4 Å². The van der Waals surface area contributed by atoms with E-state index in [0.717, 1.165) is 9.87 Å². The average Bonchev–Trinajstić information content (AvgIpc) is 2.23. The zero-order valence-electron chi connectivity index (χ0n) is 9.65. The molecule has 5 nitrogen and oxygen atoms in total. The highest BCUT2D eigenvalue weighted by atomic mass is 32.2. The van der Waals surface area contributed by atoms with Crippen LogP contribution in [0.3, 0.4) is 0 Å². The number of hydrogen-bond donors (Lipinski definition) is 2. The van der Waals surface area contributed by atoms with Crippen LogP contribution < -0.4 is 0 Å². The van der Waals surface area contributed by atoms with Gasteiger partial charge in [0.2, 0.25) is 0 Å². The first kappa shape index (κ1) is 14.1. The Labute approximate surface area is 102 Å². The Bertz CT molecular complexity index is 430. The molecule has 1 atom stereocenters. The number of aliphatic hydroxyl groups is 1. The van der Waals surface area contributed by atoms with Crippen LogP contribution in [-0.4, -0.2) is 41.6 Å². The van der Waals surface area contributed by atoms with E-state index >= 15 is 0 Å². The molecule has 0 saturated carbocycles. The maximum atomic E-state index is 11.1. The molecule has 0 amide bonds. The van der Waals surface area contributed by atoms with Gasteiger partial charge < -0.3 is 5.11 Å². The van der Waals surface area contributed by atoms with E-state index in [4.69, 9.17) is 9.66 Å². The Hall–Kier alpha value is -0.950. The summed E-state index contributed by atoms with van der Waals surface area (Å²) in [6, 6.07) is 9.36. The second-order valence-electron chi connectivity index (χ2n) is 3.92. The molecule has 0 aliphatic rings. The Kier molecular flexibility index (Phi) is 5.07. The summed E-state index contributed by atoms with van der Waals surface area (Å²) in [6.07, 6.45) is -0.319. The number of hydrogen-bond acceptors (Lipinski definition) is 3. The van der Waals surface area contributed by atoms with Crippen molar-refractivity contribution in [3.8, 4) is 0 Å². The molecule has 0 heterocycles. The van der Waals surface area contributed by atoms with E-state index in [9.17, 15) is 8.42 Å². The average molecular weight is 259 g/mol. The number of rotatable bonds is 6. The van der Waals surface area contributed by atoms with Gasteiger partial charge in [-0.05, 0) is 18.9 Å². The van der Waals surface area contributed by atoms with Crippen LogP contribution in [0, 0.1) is 0 Å². The van der Waals surface area contributed by atoms with Gasteiger partial charge in [0, 0.05) is 13.1 Å². The van der Waals surface area contributed by atoms with Crippen molar-refractivity contribution in [3.05, 3.63) is 35.9 Å². The molecule has 0 aliphatic carbocycles. The van der Waals surface area contributed by atoms with Crippen molar-refractivity contribution in [2.45, 2.75) is 19.4 Å². The fourth-order valence-corrected chi connectivity index (χ4v) is 2.22. The summed E-state index contributed by atoms with van der Waals surface area (Å²) in [5.74, 6) is 0. The van der Waals surface area contributed by atoms with Crippen molar-refractivity contribution < 1.29 is 18.1 Å². The van der Waals surface area contributed by atoms with Gasteiger partial charge in [0.05, 0.1) is 6.10 Å². The summed E-state index contributed by atoms with van der Waals surface area (Å²) >= 11 is 0. The molecule has 0 radical (unpaired) electrons. The molecule has 0 fully saturated rings. The first-order valence-electron chi connectivity index (χ1n) is 5.34. The molecule has 2 N–H and O–H groups in total. The van der Waals surface area contributed by atoms with Gasteiger partial charge in [0.15, 0.2) is 0 Å². The fourth-order valence-electron chi connectivity index (χ4n) is 1.49. The summed E-state index contributed by atoms with van der Waals surface area (Å²) in [4.78, 5) is 0. The molecule has 0 spiro atoms. The van der Waals surface area contributed by atoms with E-state index in [1.54, 1.807) is 0 Å². The number of benzene rings is 1. The molecular formula is C11H17NO4S. The zero-order valence-corrected chi connectivity index (χ0v) is 10.5. The lowest BCUT2D eigenvalue weighted by atomic mass is 10.1. The molecule has 1 rings (SSSR count). The Morgan fingerprint density at radius 2 is 1.88 bits per heavy atom. The van der Waals surface area contributed by atoms with Crippen LogP contribution in [0.15, 0.2) is 30.3 Å². The predicted octanol–water partition coefficient (Wildman–Crippen LogP) is 0.715. The Morgan fingerprint density at radius 1 is 1.29 bits per heavy atom. The number of aliphatic hydroxyl groups excluding tert-OH is 1. The molecule has 0 bridgehead atoms. The zero-order chi connectivity index (χ0) is 12.9. The molecule has 0 saturated heterocycles. The van der Waals surface area contributed by atoms with Gasteiger partial charge >= 0.3 is 10.3 Å². The largest absolute Gasteiger partial charge is 0.392 e. The van der Waals surface area contributed by atoms with Gasteiger partial charge in [-0.15, -0.1) is 0 Å². The lowest BCUT2D eigenvalue weighted by Crippen LogP contribution is -2.37. The Balaban J connectivity index is 2.62. The quantitative estimate of drug-likeness (QED) is 0.738. The molecule has 1 unspecified atom stereocenters. The molecule has 17 heavy (non-hydrogen) atoms. The van der Waals surface area contributed by atoms with Crippen LogP contribution in [0.1, 0.15) is 12.5 Å². The predicted molar refractivity (Wildman–Crippen MR) is 64.9 cm³/mol. The molecule has 6 heteroatoms. The maximum Gasteiger partial charge on any atom is 0.336 e. The van der Waals surface area contributed by atoms with Crippen LogP contribution >= 0.6 is 0 Å². The van der Waals surface area contributed by atoms with Gasteiger partial charge in [-0.3, -0.25) is 4.55 Å². The van der Waals surface area contributed by atoms with E-state index in [2.05, 4.69) is 0 Å². The minimum atomic E-state index is -4.26. The second-order valence-corrected chi connectivity index (χ2v) is 5.33. The highest BCUT2D eigenvalue weighted by Crippen LogP contribution is 2.05. The van der Waals surface area contributed by atoms with Crippen molar-refractivity contribution >= 4 is 10.3 Å². The van der Waals surface area contributed by atoms with Crippen molar-refractivity contribution in [1.29, 1.82) is 0 Å². The minimum absolute atomic E-state index is 0.105. The standard InChI is InChI=1S/C11H17NO4S/c1-10(13)9-12(17(14,15)16)8-7-11-5-3-2-4-6-11/h2-6,10,13H,7-9H2,1H3,(H,14,15,16). The summed E-state index contributed by atoms with van der Waals surface area (Å²) in [6.45, 7) is 1.51. The summed E-state index contributed by atoms with van der Waals surface area (Å²) < 4.78 is 32.0. The molecular weight excluding hydrogens is 242 g/mol. The van der Waals surface area contributed by atoms with Crippen molar-refractivity contribution in [3.63, 3.8) is 0 Å². The third-order valence-corrected chi connectivity index (χ3v) is 3.27.